The van der Waals surface area contributed by atoms with Crippen LogP contribution in [0.2, 0.25) is 5.02 Å². The van der Waals surface area contributed by atoms with Crippen LogP contribution in [-0.4, -0.2) is 5.60 Å². The Labute approximate surface area is 83.0 Å². The summed E-state index contributed by atoms with van der Waals surface area (Å²) < 4.78 is 5.73. The molecule has 0 radical (unpaired) electrons. The van der Waals surface area contributed by atoms with Crippen LogP contribution >= 0.6 is 11.6 Å². The number of fused-ring (bicyclic) bond motifs is 1. The zero-order chi connectivity index (χ0) is 9.47. The van der Waals surface area contributed by atoms with E-state index in [0.717, 1.165) is 11.3 Å². The second-order valence-corrected chi connectivity index (χ2v) is 4.16. The minimum atomic E-state index is -0.225. The molecule has 2 rings (SSSR count). The topological polar surface area (TPSA) is 9.23 Å². The molecule has 2 heteroatoms. The molecule has 0 fully saturated rings. The molecule has 0 spiro atoms. The summed E-state index contributed by atoms with van der Waals surface area (Å²) in [7, 11) is 0. The van der Waals surface area contributed by atoms with E-state index in [4.69, 9.17) is 16.3 Å². The Bertz CT molecular complexity index is 366. The van der Waals surface area contributed by atoms with Gasteiger partial charge in [0.15, 0.2) is 0 Å². The van der Waals surface area contributed by atoms with Crippen molar-refractivity contribution in [3.8, 4) is 5.75 Å². The van der Waals surface area contributed by atoms with Crippen LogP contribution in [0.4, 0.5) is 0 Å². The highest BCUT2D eigenvalue weighted by Crippen LogP contribution is 2.32. The fourth-order valence-electron chi connectivity index (χ4n) is 1.34. The Hall–Kier alpha value is -0.950. The summed E-state index contributed by atoms with van der Waals surface area (Å²) in [6.45, 7) is 4.04. The first-order chi connectivity index (χ1) is 6.07. The molecule has 13 heavy (non-hydrogen) atoms. The number of benzene rings is 1. The van der Waals surface area contributed by atoms with Crippen molar-refractivity contribution in [2.45, 2.75) is 19.4 Å². The first-order valence-electron chi connectivity index (χ1n) is 4.25. The summed E-state index contributed by atoms with van der Waals surface area (Å²) in [6.07, 6.45) is 4.11. The molecule has 1 nitrogen and oxygen atoms in total. The predicted molar refractivity (Wildman–Crippen MR) is 55.2 cm³/mol. The number of hydrogen-bond donors (Lipinski definition) is 0. The monoisotopic (exact) mass is 194 g/mol. The standard InChI is InChI=1S/C11H11ClO/c1-11(2)6-5-8-3-4-9(12)7-10(8)13-11/h3-7H,1-2H3. The maximum atomic E-state index is 5.87. The van der Waals surface area contributed by atoms with Crippen molar-refractivity contribution in [1.29, 1.82) is 0 Å². The van der Waals surface area contributed by atoms with Gasteiger partial charge in [-0.15, -0.1) is 0 Å². The Balaban J connectivity index is 2.48. The predicted octanol–water partition coefficient (Wildman–Crippen LogP) is 3.52. The third kappa shape index (κ3) is 1.70. The molecule has 0 aliphatic carbocycles. The molecule has 1 aliphatic rings. The molecule has 0 N–H and O–H groups in total. The van der Waals surface area contributed by atoms with Crippen LogP contribution in [0, 0.1) is 0 Å². The van der Waals surface area contributed by atoms with Crippen LogP contribution < -0.4 is 4.74 Å². The molecular weight excluding hydrogens is 184 g/mol. The van der Waals surface area contributed by atoms with E-state index in [-0.39, 0.29) is 5.60 Å². The van der Waals surface area contributed by atoms with E-state index in [9.17, 15) is 0 Å². The van der Waals surface area contributed by atoms with Gasteiger partial charge in [0.25, 0.3) is 0 Å². The van der Waals surface area contributed by atoms with Gasteiger partial charge in [0.05, 0.1) is 0 Å². The SMILES string of the molecule is CC1(C)C=Cc2ccc(Cl)cc2O1. The molecule has 0 aromatic heterocycles. The lowest BCUT2D eigenvalue weighted by molar-refractivity contribution is 0.159. The highest BCUT2D eigenvalue weighted by molar-refractivity contribution is 6.30. The summed E-state index contributed by atoms with van der Waals surface area (Å²) in [6, 6.07) is 5.68. The second kappa shape index (κ2) is 2.78. The molecule has 0 bridgehead atoms. The average Bonchev–Trinajstić information content (AvgIpc) is 2.01. The van der Waals surface area contributed by atoms with Crippen LogP contribution in [0.3, 0.4) is 0 Å². The van der Waals surface area contributed by atoms with E-state index in [1.165, 1.54) is 0 Å². The number of halogens is 1. The van der Waals surface area contributed by atoms with Crippen molar-refractivity contribution in [3.05, 3.63) is 34.9 Å². The van der Waals surface area contributed by atoms with E-state index < -0.39 is 0 Å². The lowest BCUT2D eigenvalue weighted by Crippen LogP contribution is -2.27. The van der Waals surface area contributed by atoms with E-state index >= 15 is 0 Å². The molecule has 1 heterocycles. The summed E-state index contributed by atoms with van der Waals surface area (Å²) in [5.41, 5.74) is 0.862. The van der Waals surface area contributed by atoms with Gasteiger partial charge in [-0.05, 0) is 38.1 Å². The van der Waals surface area contributed by atoms with Gasteiger partial charge in [0.1, 0.15) is 11.4 Å². The molecule has 1 aromatic carbocycles. The van der Waals surface area contributed by atoms with Gasteiger partial charge in [-0.25, -0.2) is 0 Å². The van der Waals surface area contributed by atoms with Crippen LogP contribution in [0.15, 0.2) is 24.3 Å². The normalized spacial score (nSPS) is 17.8. The maximum absolute atomic E-state index is 5.87. The zero-order valence-electron chi connectivity index (χ0n) is 7.67. The second-order valence-electron chi connectivity index (χ2n) is 3.72. The molecule has 0 unspecified atom stereocenters. The molecule has 0 atom stereocenters. The molecule has 0 saturated heterocycles. The van der Waals surface area contributed by atoms with Gasteiger partial charge < -0.3 is 4.74 Å². The zero-order valence-corrected chi connectivity index (χ0v) is 8.43. The van der Waals surface area contributed by atoms with E-state index in [1.807, 2.05) is 38.1 Å². The Morgan fingerprint density at radius 3 is 2.85 bits per heavy atom. The van der Waals surface area contributed by atoms with Crippen molar-refractivity contribution in [3.63, 3.8) is 0 Å². The Morgan fingerprint density at radius 1 is 1.31 bits per heavy atom. The van der Waals surface area contributed by atoms with Crippen LogP contribution in [0.5, 0.6) is 5.75 Å². The number of ether oxygens (including phenoxy) is 1. The van der Waals surface area contributed by atoms with Crippen molar-refractivity contribution in [2.75, 3.05) is 0 Å². The minimum absolute atomic E-state index is 0.225. The van der Waals surface area contributed by atoms with E-state index in [2.05, 4.69) is 6.08 Å². The van der Waals surface area contributed by atoms with Crippen LogP contribution in [-0.2, 0) is 0 Å². The fraction of sp³-hybridized carbons (Fsp3) is 0.273. The number of hydrogen-bond acceptors (Lipinski definition) is 1. The van der Waals surface area contributed by atoms with Crippen LogP contribution in [0.25, 0.3) is 6.08 Å². The summed E-state index contributed by atoms with van der Waals surface area (Å²) >= 11 is 5.87. The van der Waals surface area contributed by atoms with Gasteiger partial charge in [-0.3, -0.25) is 0 Å². The summed E-state index contributed by atoms with van der Waals surface area (Å²) in [4.78, 5) is 0. The van der Waals surface area contributed by atoms with Crippen molar-refractivity contribution in [1.82, 2.24) is 0 Å². The molecular formula is C11H11ClO. The lowest BCUT2D eigenvalue weighted by Gasteiger charge is -2.27. The first-order valence-corrected chi connectivity index (χ1v) is 4.62. The van der Waals surface area contributed by atoms with E-state index in [0.29, 0.717) is 5.02 Å². The van der Waals surface area contributed by atoms with Gasteiger partial charge in [-0.1, -0.05) is 17.7 Å². The number of rotatable bonds is 0. The Kier molecular flexibility index (Phi) is 1.85. The molecule has 68 valence electrons. The quantitative estimate of drug-likeness (QED) is 0.614. The first kappa shape index (κ1) is 8.64. The molecule has 0 saturated carbocycles. The van der Waals surface area contributed by atoms with Crippen LogP contribution in [0.1, 0.15) is 19.4 Å². The van der Waals surface area contributed by atoms with Crippen molar-refractivity contribution >= 4 is 17.7 Å². The fourth-order valence-corrected chi connectivity index (χ4v) is 1.50. The minimum Gasteiger partial charge on any atom is -0.483 e. The summed E-state index contributed by atoms with van der Waals surface area (Å²) in [5, 5.41) is 0.713. The van der Waals surface area contributed by atoms with Crippen molar-refractivity contribution in [2.24, 2.45) is 0 Å². The van der Waals surface area contributed by atoms with E-state index in [1.54, 1.807) is 0 Å². The van der Waals surface area contributed by atoms with Gasteiger partial charge in [0.2, 0.25) is 0 Å². The third-order valence-corrected chi connectivity index (χ3v) is 2.25. The smallest absolute Gasteiger partial charge is 0.129 e. The maximum Gasteiger partial charge on any atom is 0.129 e. The molecule has 1 aliphatic heterocycles. The van der Waals surface area contributed by atoms with Gasteiger partial charge in [-0.2, -0.15) is 0 Å². The average molecular weight is 195 g/mol. The highest BCUT2D eigenvalue weighted by atomic mass is 35.5. The van der Waals surface area contributed by atoms with Crippen molar-refractivity contribution < 1.29 is 4.74 Å². The molecule has 1 aromatic rings. The highest BCUT2D eigenvalue weighted by Gasteiger charge is 2.21. The molecule has 0 amide bonds. The van der Waals surface area contributed by atoms with Gasteiger partial charge in [0, 0.05) is 10.6 Å². The lowest BCUT2D eigenvalue weighted by atomic mass is 10.0. The van der Waals surface area contributed by atoms with Gasteiger partial charge >= 0.3 is 0 Å². The Morgan fingerprint density at radius 2 is 2.08 bits per heavy atom. The summed E-state index contributed by atoms with van der Waals surface area (Å²) in [5.74, 6) is 0.861. The third-order valence-electron chi connectivity index (χ3n) is 2.01. The largest absolute Gasteiger partial charge is 0.483 e.